The molecular formula is C22H16BrFeN3+2. The second-order valence-electron chi connectivity index (χ2n) is 5.57. The molecule has 2 aromatic rings. The van der Waals surface area contributed by atoms with Gasteiger partial charge in [0, 0.05) is 16.0 Å². The first-order valence-corrected chi connectivity index (χ1v) is 8.83. The Bertz CT molecular complexity index is 766. The number of aromatic nitrogens is 1. The first-order valence-electron chi connectivity index (χ1n) is 8.04. The number of halogens is 1. The summed E-state index contributed by atoms with van der Waals surface area (Å²) >= 11 is 3.41. The van der Waals surface area contributed by atoms with Crippen LogP contribution in [0.3, 0.4) is 0 Å². The molecule has 0 spiro atoms. The molecule has 2 saturated carbocycles. The van der Waals surface area contributed by atoms with E-state index >= 15 is 0 Å². The summed E-state index contributed by atoms with van der Waals surface area (Å²) in [7, 11) is 0. The molecule has 2 N–H and O–H groups in total. The maximum Gasteiger partial charge on any atom is 2.00 e. The van der Waals surface area contributed by atoms with Crippen LogP contribution in [-0.2, 0) is 17.1 Å². The van der Waals surface area contributed by atoms with Crippen molar-refractivity contribution in [2.75, 3.05) is 5.73 Å². The number of hydrogen-bond donors (Lipinski definition) is 1. The molecule has 5 heteroatoms. The number of nitrogen functional groups attached to an aromatic ring is 1. The van der Waals surface area contributed by atoms with E-state index in [4.69, 9.17) is 5.73 Å². The van der Waals surface area contributed by atoms with Gasteiger partial charge in [-0.05, 0) is 81.5 Å². The van der Waals surface area contributed by atoms with Gasteiger partial charge in [0.15, 0.2) is 0 Å². The molecule has 0 atom stereocenters. The molecule has 0 saturated heterocycles. The second-order valence-corrected chi connectivity index (χ2v) is 6.49. The summed E-state index contributed by atoms with van der Waals surface area (Å²) in [5.74, 6) is 1.25. The molecule has 0 unspecified atom stereocenters. The van der Waals surface area contributed by atoms with Crippen LogP contribution in [0.15, 0.2) is 34.8 Å². The van der Waals surface area contributed by atoms with Gasteiger partial charge >= 0.3 is 17.1 Å². The minimum Gasteiger partial charge on any atom is -0.383 e. The van der Waals surface area contributed by atoms with Crippen molar-refractivity contribution < 1.29 is 17.1 Å². The molecule has 1 aromatic heterocycles. The van der Waals surface area contributed by atoms with Gasteiger partial charge < -0.3 is 5.73 Å². The van der Waals surface area contributed by atoms with Crippen molar-refractivity contribution in [1.82, 2.24) is 4.98 Å². The van der Waals surface area contributed by atoms with E-state index in [9.17, 15) is 5.26 Å². The monoisotopic (exact) mass is 457 g/mol. The Labute approximate surface area is 181 Å². The second kappa shape index (κ2) is 10.9. The summed E-state index contributed by atoms with van der Waals surface area (Å²) in [6, 6.07) is 11.8. The maximum atomic E-state index is 9.36. The minimum atomic E-state index is 0. The first-order chi connectivity index (χ1) is 12.7. The molecule has 4 rings (SSSR count). The van der Waals surface area contributed by atoms with Crippen molar-refractivity contribution in [3.63, 3.8) is 0 Å². The van der Waals surface area contributed by atoms with Gasteiger partial charge in [-0.2, -0.15) is 5.26 Å². The number of hydrogen-bond acceptors (Lipinski definition) is 3. The summed E-state index contributed by atoms with van der Waals surface area (Å²) in [6.07, 6.45) is 17.8. The van der Waals surface area contributed by atoms with E-state index in [0.29, 0.717) is 5.56 Å². The standard InChI is InChI=1S/C17H11BrN3.C5H5.Fe/c18-13-7-5-11(6-8-13)14-9-16(12-3-1-2-4-12)21-17(20)15(14)10-19;1-2-4-5-3-1;/h1-9H,(H2,20,21);1-5H;/q;;+2. The van der Waals surface area contributed by atoms with E-state index in [1.54, 1.807) is 0 Å². The number of anilines is 1. The third-order valence-electron chi connectivity index (χ3n) is 3.83. The first kappa shape index (κ1) is 22.0. The molecule has 0 bridgehead atoms. The molecule has 2 fully saturated rings. The SMILES string of the molecule is N#Cc1c(-c2ccc(Br)cc2)cc([C]2[CH][CH][CH][CH]2)nc1N.[CH]1[CH][CH][CH][CH]1.[Fe+2]. The van der Waals surface area contributed by atoms with Crippen LogP contribution >= 0.6 is 15.9 Å². The predicted molar refractivity (Wildman–Crippen MR) is 108 cm³/mol. The molecule has 2 aliphatic carbocycles. The number of nitriles is 1. The molecule has 2 aliphatic rings. The molecule has 27 heavy (non-hydrogen) atoms. The third kappa shape index (κ3) is 5.82. The van der Waals surface area contributed by atoms with Gasteiger partial charge in [0.2, 0.25) is 0 Å². The Balaban J connectivity index is 0.000000379. The largest absolute Gasteiger partial charge is 2.00 e. The smallest absolute Gasteiger partial charge is 0.383 e. The fourth-order valence-corrected chi connectivity index (χ4v) is 2.82. The average Bonchev–Trinajstić information content (AvgIpc) is 3.38. The van der Waals surface area contributed by atoms with Gasteiger partial charge in [-0.25, -0.2) is 4.98 Å². The van der Waals surface area contributed by atoms with E-state index in [1.807, 2.05) is 88.1 Å². The van der Waals surface area contributed by atoms with E-state index < -0.39 is 0 Å². The van der Waals surface area contributed by atoms with E-state index in [2.05, 4.69) is 27.0 Å². The van der Waals surface area contributed by atoms with Crippen LogP contribution in [0.2, 0.25) is 0 Å². The summed E-state index contributed by atoms with van der Waals surface area (Å²) in [5, 5.41) is 9.36. The van der Waals surface area contributed by atoms with Gasteiger partial charge in [0.1, 0.15) is 17.5 Å². The van der Waals surface area contributed by atoms with Gasteiger partial charge in [-0.1, -0.05) is 28.1 Å². The number of nitrogens with zero attached hydrogens (tertiary/aromatic N) is 2. The van der Waals surface area contributed by atoms with Gasteiger partial charge in [0.05, 0.1) is 5.69 Å². The van der Waals surface area contributed by atoms with Gasteiger partial charge in [-0.3, -0.25) is 0 Å². The van der Waals surface area contributed by atoms with Crippen LogP contribution in [0.4, 0.5) is 5.82 Å². The number of rotatable bonds is 2. The van der Waals surface area contributed by atoms with Crippen LogP contribution in [0.1, 0.15) is 11.3 Å². The number of nitrogens with two attached hydrogens (primary N) is 1. The average molecular weight is 458 g/mol. The maximum absolute atomic E-state index is 9.36. The topological polar surface area (TPSA) is 62.7 Å². The van der Waals surface area contributed by atoms with Crippen molar-refractivity contribution >= 4 is 21.7 Å². The van der Waals surface area contributed by atoms with Crippen molar-refractivity contribution in [2.45, 2.75) is 0 Å². The Morgan fingerprint density at radius 1 is 0.889 bits per heavy atom. The minimum absolute atomic E-state index is 0. The zero-order chi connectivity index (χ0) is 18.4. The fraction of sp³-hybridized carbons (Fsp3) is 0. The van der Waals surface area contributed by atoms with Crippen molar-refractivity contribution in [1.29, 1.82) is 5.26 Å². The molecular weight excluding hydrogens is 442 g/mol. The third-order valence-corrected chi connectivity index (χ3v) is 4.36. The van der Waals surface area contributed by atoms with E-state index in [-0.39, 0.29) is 22.9 Å². The van der Waals surface area contributed by atoms with Crippen LogP contribution in [0.5, 0.6) is 0 Å². The van der Waals surface area contributed by atoms with Crippen molar-refractivity contribution in [3.05, 3.63) is 110 Å². The summed E-state index contributed by atoms with van der Waals surface area (Å²) < 4.78 is 0.989. The molecule has 132 valence electrons. The number of pyridine rings is 1. The summed E-state index contributed by atoms with van der Waals surface area (Å²) in [4.78, 5) is 4.34. The Kier molecular flexibility index (Phi) is 8.83. The van der Waals surface area contributed by atoms with Crippen LogP contribution in [-0.4, -0.2) is 4.98 Å². The molecule has 1 aromatic carbocycles. The Hall–Kier alpha value is -1.34. The number of benzene rings is 1. The zero-order valence-electron chi connectivity index (χ0n) is 14.3. The predicted octanol–water partition coefficient (Wildman–Crippen LogP) is 4.74. The molecule has 1 heterocycles. The van der Waals surface area contributed by atoms with Gasteiger partial charge in [-0.15, -0.1) is 0 Å². The molecule has 3 nitrogen and oxygen atoms in total. The summed E-state index contributed by atoms with van der Waals surface area (Å²) in [6.45, 7) is 0. The summed E-state index contributed by atoms with van der Waals surface area (Å²) in [5.41, 5.74) is 8.89. The van der Waals surface area contributed by atoms with Crippen molar-refractivity contribution in [3.8, 4) is 17.2 Å². The van der Waals surface area contributed by atoms with Gasteiger partial charge in [0.25, 0.3) is 0 Å². The molecule has 0 amide bonds. The Morgan fingerprint density at radius 3 is 1.96 bits per heavy atom. The molecule has 10 radical (unpaired) electrons. The van der Waals surface area contributed by atoms with Crippen LogP contribution < -0.4 is 5.73 Å². The fourth-order valence-electron chi connectivity index (χ4n) is 2.55. The quantitative estimate of drug-likeness (QED) is 0.662. The van der Waals surface area contributed by atoms with Crippen molar-refractivity contribution in [2.24, 2.45) is 0 Å². The van der Waals surface area contributed by atoms with Crippen LogP contribution in [0, 0.1) is 75.0 Å². The Morgan fingerprint density at radius 2 is 1.44 bits per heavy atom. The van der Waals surface area contributed by atoms with E-state index in [1.165, 1.54) is 0 Å². The normalized spacial score (nSPS) is 16.1. The zero-order valence-corrected chi connectivity index (χ0v) is 17.0. The van der Waals surface area contributed by atoms with Crippen LogP contribution in [0.25, 0.3) is 11.1 Å². The molecule has 0 aliphatic heterocycles. The van der Waals surface area contributed by atoms with E-state index in [0.717, 1.165) is 27.2 Å².